The molecule has 2 aromatic carbocycles. The van der Waals surface area contributed by atoms with Gasteiger partial charge in [-0.3, -0.25) is 4.79 Å². The molecule has 0 aliphatic carbocycles. The molecular formula is C28H40O3. The molecular weight excluding hydrogens is 384 g/mol. The summed E-state index contributed by atoms with van der Waals surface area (Å²) in [4.78, 5) is 11.4. The number of rotatable bonds is 6. The van der Waals surface area contributed by atoms with Crippen molar-refractivity contribution in [1.29, 1.82) is 0 Å². The van der Waals surface area contributed by atoms with Crippen LogP contribution in [0.2, 0.25) is 0 Å². The highest BCUT2D eigenvalue weighted by Gasteiger charge is 2.46. The summed E-state index contributed by atoms with van der Waals surface area (Å²) in [7, 11) is 0. The summed E-state index contributed by atoms with van der Waals surface area (Å²) < 4.78 is 11.6. The van der Waals surface area contributed by atoms with Crippen LogP contribution in [0.15, 0.2) is 48.5 Å². The van der Waals surface area contributed by atoms with Crippen LogP contribution in [0.5, 0.6) is 0 Å². The van der Waals surface area contributed by atoms with Gasteiger partial charge in [-0.25, -0.2) is 0 Å². The lowest BCUT2D eigenvalue weighted by Gasteiger charge is -2.39. The van der Waals surface area contributed by atoms with Crippen molar-refractivity contribution in [2.75, 3.05) is 13.2 Å². The number of aryl methyl sites for hydroxylation is 2. The largest absolute Gasteiger partial charge is 0.347 e. The molecule has 0 atom stereocenters. The Morgan fingerprint density at radius 1 is 0.839 bits per heavy atom. The number of ether oxygens (including phenoxy) is 2. The Balaban J connectivity index is 0.000000225. The maximum Gasteiger partial charge on any atom is 0.171 e. The SMILES string of the molecule is CC(=O)C(C)(C)Cc1ccccc1C.Cc1ccccc1CC(C)(C)C1(C)OCCO1. The fourth-order valence-corrected chi connectivity index (χ4v) is 3.76. The van der Waals surface area contributed by atoms with E-state index in [1.54, 1.807) is 6.92 Å². The van der Waals surface area contributed by atoms with Gasteiger partial charge in [0.1, 0.15) is 5.78 Å². The van der Waals surface area contributed by atoms with Gasteiger partial charge in [-0.2, -0.15) is 0 Å². The van der Waals surface area contributed by atoms with Crippen LogP contribution in [0.25, 0.3) is 0 Å². The molecule has 0 amide bonds. The predicted molar refractivity (Wildman–Crippen MR) is 128 cm³/mol. The quantitative estimate of drug-likeness (QED) is 0.532. The van der Waals surface area contributed by atoms with Crippen LogP contribution in [0.3, 0.4) is 0 Å². The van der Waals surface area contributed by atoms with E-state index in [1.165, 1.54) is 22.3 Å². The van der Waals surface area contributed by atoms with E-state index in [4.69, 9.17) is 9.47 Å². The first-order valence-electron chi connectivity index (χ1n) is 11.3. The molecule has 0 bridgehead atoms. The summed E-state index contributed by atoms with van der Waals surface area (Å²) in [6, 6.07) is 16.8. The molecule has 0 unspecified atom stereocenters. The predicted octanol–water partition coefficient (Wildman–Crippen LogP) is 6.48. The lowest BCUT2D eigenvalue weighted by atomic mass is 9.77. The van der Waals surface area contributed by atoms with E-state index in [0.29, 0.717) is 13.2 Å². The van der Waals surface area contributed by atoms with Gasteiger partial charge in [-0.1, -0.05) is 76.2 Å². The first-order valence-corrected chi connectivity index (χ1v) is 11.3. The molecule has 0 aromatic heterocycles. The lowest BCUT2D eigenvalue weighted by molar-refractivity contribution is -0.213. The maximum atomic E-state index is 11.4. The highest BCUT2D eigenvalue weighted by molar-refractivity contribution is 5.81. The third-order valence-corrected chi connectivity index (χ3v) is 6.81. The fraction of sp³-hybridized carbons (Fsp3) is 0.536. The average molecular weight is 425 g/mol. The van der Waals surface area contributed by atoms with Crippen LogP contribution >= 0.6 is 0 Å². The van der Waals surface area contributed by atoms with Crippen molar-refractivity contribution in [3.63, 3.8) is 0 Å². The minimum Gasteiger partial charge on any atom is -0.347 e. The van der Waals surface area contributed by atoms with Crippen molar-refractivity contribution in [3.8, 4) is 0 Å². The van der Waals surface area contributed by atoms with E-state index in [2.05, 4.69) is 71.0 Å². The highest BCUT2D eigenvalue weighted by Crippen LogP contribution is 2.41. The Bertz CT molecular complexity index is 873. The first kappa shape index (κ1) is 25.3. The van der Waals surface area contributed by atoms with E-state index >= 15 is 0 Å². The van der Waals surface area contributed by atoms with Gasteiger partial charge < -0.3 is 9.47 Å². The molecule has 1 aliphatic heterocycles. The Labute approximate surface area is 189 Å². The van der Waals surface area contributed by atoms with Crippen LogP contribution in [0.4, 0.5) is 0 Å². The van der Waals surface area contributed by atoms with Gasteiger partial charge >= 0.3 is 0 Å². The van der Waals surface area contributed by atoms with Crippen molar-refractivity contribution in [2.24, 2.45) is 10.8 Å². The number of carbonyl (C=O) groups is 1. The molecule has 2 aromatic rings. The molecule has 170 valence electrons. The van der Waals surface area contributed by atoms with Crippen molar-refractivity contribution >= 4 is 5.78 Å². The summed E-state index contributed by atoms with van der Waals surface area (Å²) in [5, 5.41) is 0. The molecule has 0 saturated carbocycles. The molecule has 1 aliphatic rings. The topological polar surface area (TPSA) is 35.5 Å². The minimum atomic E-state index is -0.463. The second-order valence-corrected chi connectivity index (χ2v) is 10.2. The first-order chi connectivity index (χ1) is 14.4. The molecule has 3 nitrogen and oxygen atoms in total. The highest BCUT2D eigenvalue weighted by atomic mass is 16.7. The Morgan fingerprint density at radius 3 is 1.68 bits per heavy atom. The third-order valence-electron chi connectivity index (χ3n) is 6.81. The lowest BCUT2D eigenvalue weighted by Crippen LogP contribution is -2.44. The summed E-state index contributed by atoms with van der Waals surface area (Å²) in [6.07, 6.45) is 1.80. The second-order valence-electron chi connectivity index (χ2n) is 10.2. The van der Waals surface area contributed by atoms with Gasteiger partial charge in [-0.05, 0) is 62.8 Å². The zero-order valence-corrected chi connectivity index (χ0v) is 20.7. The number of Topliss-reactive ketones (excluding diaryl/α,β-unsaturated/α-hetero) is 1. The minimum absolute atomic E-state index is 0.0321. The standard InChI is InChI=1S/C15H22O2.C13H18O/c1-12-7-5-6-8-13(12)11-14(2,3)15(4)16-9-10-17-15;1-10-7-5-6-8-12(10)9-13(3,4)11(2)14/h5-8H,9-11H2,1-4H3;5-8H,9H2,1-4H3. The monoisotopic (exact) mass is 424 g/mol. The normalized spacial score (nSPS) is 15.9. The van der Waals surface area contributed by atoms with Crippen LogP contribution in [-0.4, -0.2) is 24.8 Å². The molecule has 0 spiro atoms. The van der Waals surface area contributed by atoms with Crippen molar-refractivity contribution < 1.29 is 14.3 Å². The average Bonchev–Trinajstić information content (AvgIpc) is 3.14. The van der Waals surface area contributed by atoms with Crippen molar-refractivity contribution in [1.82, 2.24) is 0 Å². The Kier molecular flexibility index (Phi) is 8.24. The summed E-state index contributed by atoms with van der Waals surface area (Å²) in [5.74, 6) is -0.212. The summed E-state index contributed by atoms with van der Waals surface area (Å²) >= 11 is 0. The van der Waals surface area contributed by atoms with Gasteiger partial charge in [0.25, 0.3) is 0 Å². The third kappa shape index (κ3) is 6.51. The number of hydrogen-bond donors (Lipinski definition) is 0. The summed E-state index contributed by atoms with van der Waals surface area (Å²) in [5.41, 5.74) is 4.97. The van der Waals surface area contributed by atoms with Gasteiger partial charge in [-0.15, -0.1) is 0 Å². The van der Waals surface area contributed by atoms with E-state index in [1.807, 2.05) is 26.0 Å². The molecule has 3 rings (SSSR count). The van der Waals surface area contributed by atoms with Gasteiger partial charge in [0.05, 0.1) is 13.2 Å². The summed E-state index contributed by atoms with van der Waals surface area (Å²) in [6.45, 7) is 17.8. The molecule has 1 fully saturated rings. The van der Waals surface area contributed by atoms with Gasteiger partial charge in [0, 0.05) is 10.8 Å². The molecule has 1 saturated heterocycles. The second kappa shape index (κ2) is 10.1. The molecule has 0 radical (unpaired) electrons. The van der Waals surface area contributed by atoms with Crippen LogP contribution in [0.1, 0.15) is 63.8 Å². The van der Waals surface area contributed by atoms with Gasteiger partial charge in [0.2, 0.25) is 0 Å². The zero-order valence-electron chi connectivity index (χ0n) is 20.7. The van der Waals surface area contributed by atoms with E-state index in [-0.39, 0.29) is 16.6 Å². The zero-order chi connectivity index (χ0) is 23.3. The Hall–Kier alpha value is -1.97. The molecule has 0 N–H and O–H groups in total. The molecule has 1 heterocycles. The Morgan fingerprint density at radius 2 is 1.26 bits per heavy atom. The van der Waals surface area contributed by atoms with E-state index in [9.17, 15) is 4.79 Å². The smallest absolute Gasteiger partial charge is 0.171 e. The van der Waals surface area contributed by atoms with Crippen LogP contribution < -0.4 is 0 Å². The van der Waals surface area contributed by atoms with Crippen LogP contribution in [0, 0.1) is 24.7 Å². The van der Waals surface area contributed by atoms with Crippen molar-refractivity contribution in [2.45, 2.75) is 74.0 Å². The van der Waals surface area contributed by atoms with E-state index in [0.717, 1.165) is 12.8 Å². The number of ketones is 1. The van der Waals surface area contributed by atoms with Crippen molar-refractivity contribution in [3.05, 3.63) is 70.8 Å². The van der Waals surface area contributed by atoms with Crippen LogP contribution in [-0.2, 0) is 27.1 Å². The number of carbonyl (C=O) groups excluding carboxylic acids is 1. The number of benzene rings is 2. The number of hydrogen-bond acceptors (Lipinski definition) is 3. The van der Waals surface area contributed by atoms with E-state index < -0.39 is 5.79 Å². The maximum absolute atomic E-state index is 11.4. The fourth-order valence-electron chi connectivity index (χ4n) is 3.76. The molecule has 31 heavy (non-hydrogen) atoms. The molecule has 3 heteroatoms. The van der Waals surface area contributed by atoms with Gasteiger partial charge in [0.15, 0.2) is 5.79 Å².